The van der Waals surface area contributed by atoms with Gasteiger partial charge in [0.25, 0.3) is 15.7 Å². The van der Waals surface area contributed by atoms with Crippen LogP contribution in [0.2, 0.25) is 0 Å². The molecule has 0 N–H and O–H groups in total. The molecule has 0 radical (unpaired) electrons. The molecule has 5 rings (SSSR count). The van der Waals surface area contributed by atoms with Crippen LogP contribution in [0.5, 0.6) is 5.75 Å². The van der Waals surface area contributed by atoms with Gasteiger partial charge in [-0.3, -0.25) is 13.5 Å². The van der Waals surface area contributed by atoms with Crippen molar-refractivity contribution in [1.29, 1.82) is 0 Å². The summed E-state index contributed by atoms with van der Waals surface area (Å²) in [6.45, 7) is 5.24. The van der Waals surface area contributed by atoms with Crippen LogP contribution in [0.3, 0.4) is 0 Å². The van der Waals surface area contributed by atoms with Crippen molar-refractivity contribution < 1.29 is 36.0 Å². The van der Waals surface area contributed by atoms with Gasteiger partial charge in [0.15, 0.2) is 0 Å². The van der Waals surface area contributed by atoms with Gasteiger partial charge < -0.3 is 14.2 Å². The molecule has 3 aromatic heterocycles. The summed E-state index contributed by atoms with van der Waals surface area (Å²) in [6, 6.07) is 12.7. The van der Waals surface area contributed by atoms with Gasteiger partial charge in [-0.2, -0.15) is 18.6 Å². The van der Waals surface area contributed by atoms with Crippen LogP contribution in [0, 0.1) is 12.7 Å². The van der Waals surface area contributed by atoms with Crippen molar-refractivity contribution in [2.24, 2.45) is 0 Å². The summed E-state index contributed by atoms with van der Waals surface area (Å²) < 4.78 is 62.6. The Hall–Kier alpha value is -4.71. The number of fused-ring (bicyclic) bond motifs is 1. The van der Waals surface area contributed by atoms with E-state index in [1.165, 1.54) is 67.8 Å². The molecule has 14 nitrogen and oxygen atoms in total. The van der Waals surface area contributed by atoms with Crippen LogP contribution in [0.1, 0.15) is 43.6 Å². The summed E-state index contributed by atoms with van der Waals surface area (Å²) in [4.78, 5) is 44.0. The number of halogens is 1. The van der Waals surface area contributed by atoms with Gasteiger partial charge in [0.2, 0.25) is 0 Å². The van der Waals surface area contributed by atoms with Crippen LogP contribution >= 0.6 is 11.3 Å². The van der Waals surface area contributed by atoms with E-state index in [4.69, 9.17) is 18.4 Å². The predicted octanol–water partition coefficient (Wildman–Crippen LogP) is 3.86. The number of benzene rings is 2. The number of hydrogen-bond acceptors (Lipinski definition) is 12. The summed E-state index contributed by atoms with van der Waals surface area (Å²) >= 11 is 1.06. The average Bonchev–Trinajstić information content (AvgIpc) is 3.71. The van der Waals surface area contributed by atoms with Crippen LogP contribution < -0.4 is 16.0 Å². The lowest BCUT2D eigenvalue weighted by Gasteiger charge is -2.27. The molecule has 0 saturated carbocycles. The molecule has 0 bridgehead atoms. The van der Waals surface area contributed by atoms with Gasteiger partial charge in [-0.05, 0) is 51.5 Å². The Balaban J connectivity index is 1.69. The van der Waals surface area contributed by atoms with Gasteiger partial charge in [0.1, 0.15) is 39.6 Å². The quantitative estimate of drug-likeness (QED) is 0.121. The molecule has 0 aliphatic rings. The van der Waals surface area contributed by atoms with Crippen LogP contribution in [0.25, 0.3) is 15.2 Å². The van der Waals surface area contributed by atoms with E-state index >= 15 is 0 Å². The number of aryl methyl sites for hydroxylation is 1. The first-order valence-electron chi connectivity index (χ1n) is 15.3. The van der Waals surface area contributed by atoms with E-state index in [0.717, 1.165) is 22.2 Å². The fourth-order valence-electron chi connectivity index (χ4n) is 5.43. The third kappa shape index (κ3) is 7.70. The molecule has 0 saturated heterocycles. The van der Waals surface area contributed by atoms with Crippen molar-refractivity contribution >= 4 is 37.6 Å². The van der Waals surface area contributed by atoms with Gasteiger partial charge >= 0.3 is 11.7 Å². The molecule has 0 spiro atoms. The Kier molecular flexibility index (Phi) is 10.7. The number of methoxy groups -OCH3 is 1. The van der Waals surface area contributed by atoms with Crippen molar-refractivity contribution in [3.8, 4) is 10.8 Å². The number of carbonyl (C=O) groups excluding carboxylic acids is 1. The highest BCUT2D eigenvalue weighted by Crippen LogP contribution is 2.34. The van der Waals surface area contributed by atoms with Crippen molar-refractivity contribution in [2.45, 2.75) is 58.6 Å². The van der Waals surface area contributed by atoms with E-state index in [1.54, 1.807) is 31.2 Å². The minimum absolute atomic E-state index is 0.0934. The second kappa shape index (κ2) is 14.6. The van der Waals surface area contributed by atoms with E-state index in [-0.39, 0.29) is 41.3 Å². The lowest BCUT2D eigenvalue weighted by molar-refractivity contribution is -0.154. The maximum Gasteiger partial charge on any atom is 0.333 e. The molecule has 50 heavy (non-hydrogen) atoms. The third-order valence-corrected chi connectivity index (χ3v) is 9.78. The fraction of sp³-hybridized carbons (Fsp3) is 0.364. The number of nitrogens with zero attached hydrogens (tertiary/aromatic N) is 5. The molecule has 2 aromatic carbocycles. The molecule has 2 atom stereocenters. The van der Waals surface area contributed by atoms with E-state index in [2.05, 4.69) is 10.2 Å². The van der Waals surface area contributed by atoms with Crippen molar-refractivity contribution in [3.63, 3.8) is 0 Å². The summed E-state index contributed by atoms with van der Waals surface area (Å²) in [6.07, 6.45) is 1.70. The van der Waals surface area contributed by atoms with E-state index in [0.29, 0.717) is 16.1 Å². The Morgan fingerprint density at radius 1 is 1.08 bits per heavy atom. The summed E-state index contributed by atoms with van der Waals surface area (Å²) in [5.74, 6) is -1.24. The second-order valence-corrected chi connectivity index (χ2v) is 14.6. The van der Waals surface area contributed by atoms with Gasteiger partial charge in [-0.15, -0.1) is 4.80 Å². The zero-order valence-corrected chi connectivity index (χ0v) is 29.8. The molecular formula is C33H36FN5O9S2. The van der Waals surface area contributed by atoms with Gasteiger partial charge in [0.05, 0.1) is 50.4 Å². The van der Waals surface area contributed by atoms with Gasteiger partial charge in [-0.1, -0.05) is 41.7 Å². The fourth-order valence-corrected chi connectivity index (χ4v) is 7.30. The van der Waals surface area contributed by atoms with E-state index < -0.39 is 50.9 Å². The predicted molar refractivity (Wildman–Crippen MR) is 183 cm³/mol. The molecule has 0 aliphatic heterocycles. The summed E-state index contributed by atoms with van der Waals surface area (Å²) in [7, 11) is -2.47. The molecule has 17 heteroatoms. The van der Waals surface area contributed by atoms with Crippen LogP contribution in [-0.2, 0) is 47.3 Å². The zero-order chi connectivity index (χ0) is 36.4. The van der Waals surface area contributed by atoms with Crippen molar-refractivity contribution in [3.05, 3.63) is 104 Å². The molecule has 1 unspecified atom stereocenters. The average molecular weight is 730 g/mol. The topological polar surface area (TPSA) is 163 Å². The minimum Gasteiger partial charge on any atom is -0.496 e. The third-order valence-electron chi connectivity index (χ3n) is 7.82. The van der Waals surface area contributed by atoms with Crippen LogP contribution in [0.4, 0.5) is 4.39 Å². The smallest absolute Gasteiger partial charge is 0.333 e. The maximum absolute atomic E-state index is 14.7. The number of rotatable bonds is 14. The first-order valence-corrected chi connectivity index (χ1v) is 18.0. The number of hydrogen-bond donors (Lipinski definition) is 0. The summed E-state index contributed by atoms with van der Waals surface area (Å²) in [5, 5.41) is 8.94. The Bertz CT molecular complexity index is 2230. The number of esters is 1. The monoisotopic (exact) mass is 729 g/mol. The number of carbonyl (C=O) groups is 1. The second-order valence-electron chi connectivity index (χ2n) is 12.0. The highest BCUT2D eigenvalue weighted by molar-refractivity contribution is 7.86. The zero-order valence-electron chi connectivity index (χ0n) is 28.2. The lowest BCUT2D eigenvalue weighted by atomic mass is 10.0. The SMILES string of the molecule is COc1ccc(F)cc1[C@H](Cn1c(=O)n(C(C)(C)C(=O)OCc2ccccc2)c(=O)c2c(C)c(-n3nccn3)sc21)OCC(C)OS(C)(=O)=O. The number of thiophene rings is 1. The summed E-state index contributed by atoms with van der Waals surface area (Å²) in [5.41, 5.74) is -2.08. The minimum atomic E-state index is -3.85. The van der Waals surface area contributed by atoms with E-state index in [9.17, 15) is 27.2 Å². The molecule has 0 fully saturated rings. The standard InChI is InChI=1S/C33H36FN5O9S2/c1-20(48-50(6,43)44)18-46-26(24-16-23(34)12-13-25(24)45-5)17-37-30-27(21(2)29(49-30)39-35-14-15-36-39)28(40)38(32(37)42)33(3,4)31(41)47-19-22-10-8-7-9-11-22/h7-16,20,26H,17-19H2,1-6H3/t20?,26-/m0/s1. The Morgan fingerprint density at radius 3 is 2.40 bits per heavy atom. The largest absolute Gasteiger partial charge is 0.496 e. The molecular weight excluding hydrogens is 694 g/mol. The highest BCUT2D eigenvalue weighted by Gasteiger charge is 2.37. The molecule has 0 amide bonds. The van der Waals surface area contributed by atoms with Crippen LogP contribution in [0.15, 0.2) is 70.5 Å². The van der Waals surface area contributed by atoms with E-state index in [1.807, 2.05) is 6.07 Å². The molecule has 0 aliphatic carbocycles. The molecule has 266 valence electrons. The Labute approximate surface area is 290 Å². The van der Waals surface area contributed by atoms with Gasteiger partial charge in [0, 0.05) is 11.1 Å². The maximum atomic E-state index is 14.7. The normalized spacial score (nSPS) is 13.3. The Morgan fingerprint density at radius 2 is 1.76 bits per heavy atom. The first kappa shape index (κ1) is 36.6. The molecule has 3 heterocycles. The number of ether oxygens (including phenoxy) is 3. The van der Waals surface area contributed by atoms with Crippen LogP contribution in [-0.4, -0.2) is 64.6 Å². The number of aromatic nitrogens is 5. The molecule has 5 aromatic rings. The van der Waals surface area contributed by atoms with Crippen molar-refractivity contribution in [1.82, 2.24) is 24.1 Å². The highest BCUT2D eigenvalue weighted by atomic mass is 32.2. The lowest BCUT2D eigenvalue weighted by Crippen LogP contribution is -2.53. The van der Waals surface area contributed by atoms with Gasteiger partial charge in [-0.25, -0.2) is 18.5 Å². The first-order chi connectivity index (χ1) is 23.6. The van der Waals surface area contributed by atoms with Crippen molar-refractivity contribution in [2.75, 3.05) is 20.0 Å².